The number of hydrogen-bond acceptors (Lipinski definition) is 4. The Morgan fingerprint density at radius 3 is 2.16 bits per heavy atom. The maximum Gasteiger partial charge on any atom is 0.419 e. The zero-order valence-electron chi connectivity index (χ0n) is 24.2. The Kier molecular flexibility index (Phi) is 10.4. The van der Waals surface area contributed by atoms with E-state index in [0.717, 1.165) is 36.0 Å². The van der Waals surface area contributed by atoms with Crippen molar-refractivity contribution >= 4 is 81.3 Å². The van der Waals surface area contributed by atoms with Crippen molar-refractivity contribution in [2.75, 3.05) is 21.7 Å². The minimum absolute atomic E-state index is 0.0318. The number of hydrogen-bond donors (Lipinski definition) is 3. The Bertz CT molecular complexity index is 1960. The van der Waals surface area contributed by atoms with Crippen LogP contribution >= 0.6 is 46.6 Å². The average molecular weight is 765 g/mol. The van der Waals surface area contributed by atoms with E-state index in [9.17, 15) is 40.7 Å². The van der Waals surface area contributed by atoms with Gasteiger partial charge in [0, 0.05) is 16.5 Å². The summed E-state index contributed by atoms with van der Waals surface area (Å²) in [6.45, 7) is 0. The van der Waals surface area contributed by atoms with Crippen molar-refractivity contribution in [1.29, 1.82) is 0 Å². The van der Waals surface area contributed by atoms with Crippen LogP contribution in [0.2, 0.25) is 5.02 Å². The summed E-state index contributed by atoms with van der Waals surface area (Å²) in [5, 5.41) is 6.61. The Balaban J connectivity index is 1.27. The third-order valence-electron chi connectivity index (χ3n) is 7.26. The predicted octanol–water partition coefficient (Wildman–Crippen LogP) is 9.42. The van der Waals surface area contributed by atoms with Crippen molar-refractivity contribution in [2.24, 2.45) is 5.92 Å². The summed E-state index contributed by atoms with van der Waals surface area (Å²) in [6, 6.07) is 12.7. The molecule has 17 heteroatoms. The van der Waals surface area contributed by atoms with Gasteiger partial charge < -0.3 is 16.0 Å². The van der Waals surface area contributed by atoms with Crippen LogP contribution in [0.4, 0.5) is 47.8 Å². The summed E-state index contributed by atoms with van der Waals surface area (Å²) < 4.78 is 94.5. The minimum atomic E-state index is -5.01. The van der Waals surface area contributed by atoms with Crippen LogP contribution in [0.15, 0.2) is 77.7 Å². The van der Waals surface area contributed by atoms with Crippen molar-refractivity contribution in [1.82, 2.24) is 0 Å². The predicted molar refractivity (Wildman–Crippen MR) is 172 cm³/mol. The second-order valence-corrected chi connectivity index (χ2v) is 13.5. The zero-order valence-corrected chi connectivity index (χ0v) is 27.3. The lowest BCUT2D eigenvalue weighted by molar-refractivity contribution is -0.140. The normalized spacial score (nSPS) is 16.5. The Morgan fingerprint density at radius 2 is 1.49 bits per heavy atom. The molecule has 0 aliphatic heterocycles. The number of amides is 3. The maximum atomic E-state index is 15.3. The first-order valence-corrected chi connectivity index (χ1v) is 15.9. The molecule has 3 N–H and O–H groups in total. The third kappa shape index (κ3) is 8.09. The van der Waals surface area contributed by atoms with Crippen LogP contribution in [0.1, 0.15) is 27.4 Å². The second-order valence-electron chi connectivity index (χ2n) is 10.6. The van der Waals surface area contributed by atoms with Gasteiger partial charge in [0.05, 0.1) is 33.5 Å². The summed E-state index contributed by atoms with van der Waals surface area (Å²) in [6.07, 6.45) is -5.01. The molecule has 49 heavy (non-hydrogen) atoms. The molecule has 4 aromatic carbocycles. The van der Waals surface area contributed by atoms with E-state index < -0.39 is 80.3 Å². The fourth-order valence-corrected chi connectivity index (χ4v) is 6.56. The molecule has 1 saturated carbocycles. The molecule has 0 radical (unpaired) electrons. The second kappa shape index (κ2) is 14.1. The molecule has 6 nitrogen and oxygen atoms in total. The van der Waals surface area contributed by atoms with Crippen LogP contribution in [-0.2, 0) is 15.8 Å². The Labute approximate surface area is 292 Å². The molecule has 0 spiro atoms. The molecule has 5 rings (SSSR count). The number of alkyl halides is 5. The minimum Gasteiger partial charge on any atom is -0.326 e. The molecule has 2 atom stereocenters. The van der Waals surface area contributed by atoms with E-state index in [2.05, 4.69) is 16.0 Å². The fraction of sp³-hybridized carbons (Fsp3) is 0.156. The molecule has 1 aliphatic rings. The molecule has 1 aliphatic carbocycles. The zero-order chi connectivity index (χ0) is 35.8. The molecule has 0 unspecified atom stereocenters. The first-order chi connectivity index (χ1) is 23.0. The lowest BCUT2D eigenvalue weighted by atomic mass is 10.0. The van der Waals surface area contributed by atoms with Crippen LogP contribution in [0.3, 0.4) is 0 Å². The SMILES string of the molecule is O=C(CSc1ccc(F)cc1)Nc1c(F)ccc(NC(=O)c2cc(NC(=O)[C@H]3[C@H](c4ccc(F)c(C(F)(F)F)c4)C3(Cl)Cl)ccc2Cl)c1F. The van der Waals surface area contributed by atoms with Gasteiger partial charge >= 0.3 is 6.18 Å². The average Bonchev–Trinajstić information content (AvgIpc) is 3.62. The number of carbonyl (C=O) groups excluding carboxylic acids is 3. The van der Waals surface area contributed by atoms with E-state index >= 15 is 4.39 Å². The number of thioether (sulfide) groups is 1. The summed E-state index contributed by atoms with van der Waals surface area (Å²) in [5.74, 6) is -9.77. The summed E-state index contributed by atoms with van der Waals surface area (Å²) >= 11 is 19.6. The highest BCUT2D eigenvalue weighted by Gasteiger charge is 2.67. The smallest absolute Gasteiger partial charge is 0.326 e. The first kappa shape index (κ1) is 36.3. The van der Waals surface area contributed by atoms with Gasteiger partial charge in [0.1, 0.15) is 27.5 Å². The van der Waals surface area contributed by atoms with E-state index in [1.54, 1.807) is 0 Å². The molecule has 0 heterocycles. The standard InChI is InChI=1S/C32H19Cl3F7N3O3S/c33-20-7-4-16(43-30(48)26-25(31(26,34)35)14-1-8-21(37)19(11-14)32(40,41)42)12-18(20)29(47)44-23-10-9-22(38)28(27(23)39)45-24(46)13-49-17-5-2-15(36)3-6-17/h1-12,25-26H,13H2,(H,43,48)(H,44,47)(H,45,46)/t25-,26+/m0/s1. The third-order valence-corrected chi connectivity index (χ3v) is 9.54. The van der Waals surface area contributed by atoms with Crippen LogP contribution in [0.25, 0.3) is 0 Å². The number of halogens is 10. The van der Waals surface area contributed by atoms with E-state index in [0.29, 0.717) is 17.0 Å². The van der Waals surface area contributed by atoms with E-state index in [-0.39, 0.29) is 27.6 Å². The first-order valence-electron chi connectivity index (χ1n) is 13.8. The van der Waals surface area contributed by atoms with Gasteiger partial charge in [-0.1, -0.05) is 17.7 Å². The van der Waals surface area contributed by atoms with Crippen molar-refractivity contribution in [3.05, 3.63) is 118 Å². The van der Waals surface area contributed by atoms with Gasteiger partial charge in [0.25, 0.3) is 5.91 Å². The number of rotatable bonds is 9. The number of benzene rings is 4. The van der Waals surface area contributed by atoms with Crippen LogP contribution < -0.4 is 16.0 Å². The summed E-state index contributed by atoms with van der Waals surface area (Å²) in [4.78, 5) is 39.1. The van der Waals surface area contributed by atoms with Crippen molar-refractivity contribution in [3.8, 4) is 0 Å². The van der Waals surface area contributed by atoms with Gasteiger partial charge in [-0.3, -0.25) is 14.4 Å². The van der Waals surface area contributed by atoms with Gasteiger partial charge in [0.15, 0.2) is 5.82 Å². The fourth-order valence-electron chi connectivity index (χ4n) is 4.83. The number of nitrogens with one attached hydrogen (secondary N) is 3. The van der Waals surface area contributed by atoms with Gasteiger partial charge in [-0.15, -0.1) is 35.0 Å². The van der Waals surface area contributed by atoms with Crippen molar-refractivity contribution in [2.45, 2.75) is 21.3 Å². The topological polar surface area (TPSA) is 87.3 Å². The van der Waals surface area contributed by atoms with E-state index in [1.165, 1.54) is 36.4 Å². The highest BCUT2D eigenvalue weighted by atomic mass is 35.5. The van der Waals surface area contributed by atoms with Crippen molar-refractivity contribution < 1.29 is 45.1 Å². The van der Waals surface area contributed by atoms with E-state index in [4.69, 9.17) is 34.8 Å². The molecule has 3 amide bonds. The Morgan fingerprint density at radius 1 is 0.816 bits per heavy atom. The summed E-state index contributed by atoms with van der Waals surface area (Å²) in [5.41, 5.74) is -3.38. The molecule has 1 fully saturated rings. The molecule has 4 aromatic rings. The lowest BCUT2D eigenvalue weighted by Crippen LogP contribution is -2.19. The van der Waals surface area contributed by atoms with Crippen LogP contribution in [0.5, 0.6) is 0 Å². The monoisotopic (exact) mass is 763 g/mol. The summed E-state index contributed by atoms with van der Waals surface area (Å²) in [7, 11) is 0. The van der Waals surface area contributed by atoms with Gasteiger partial charge in [0.2, 0.25) is 11.8 Å². The van der Waals surface area contributed by atoms with Gasteiger partial charge in [-0.05, 0) is 72.3 Å². The molecular formula is C32H19Cl3F7N3O3S. The lowest BCUT2D eigenvalue weighted by Gasteiger charge is -2.13. The molecule has 256 valence electrons. The van der Waals surface area contributed by atoms with Gasteiger partial charge in [-0.2, -0.15) is 13.2 Å². The molecule has 0 saturated heterocycles. The quantitative estimate of drug-likeness (QED) is 0.0901. The molecule has 0 bridgehead atoms. The highest BCUT2D eigenvalue weighted by molar-refractivity contribution is 8.00. The van der Waals surface area contributed by atoms with E-state index in [1.807, 2.05) is 0 Å². The molecule has 0 aromatic heterocycles. The highest BCUT2D eigenvalue weighted by Crippen LogP contribution is 2.65. The van der Waals surface area contributed by atoms with Crippen LogP contribution in [-0.4, -0.2) is 27.8 Å². The molecular weight excluding hydrogens is 746 g/mol. The van der Waals surface area contributed by atoms with Crippen molar-refractivity contribution in [3.63, 3.8) is 0 Å². The maximum absolute atomic E-state index is 15.3. The van der Waals surface area contributed by atoms with Crippen LogP contribution in [0, 0.1) is 29.2 Å². The largest absolute Gasteiger partial charge is 0.419 e. The number of carbonyl (C=O) groups is 3. The van der Waals surface area contributed by atoms with Gasteiger partial charge in [-0.25, -0.2) is 17.6 Å². The Hall–Kier alpha value is -3.98. The number of anilines is 3.